The Labute approximate surface area is 57.2 Å². The predicted octanol–water partition coefficient (Wildman–Crippen LogP) is 1.83. The smallest absolute Gasteiger partial charge is 0.126 e. The zero-order chi connectivity index (χ0) is 5.86. The van der Waals surface area contributed by atoms with Gasteiger partial charge in [0.25, 0.3) is 0 Å². The Kier molecular flexibility index (Phi) is 4.24. The van der Waals surface area contributed by atoms with Gasteiger partial charge in [-0.25, -0.2) is 5.11 Å². The van der Waals surface area contributed by atoms with Crippen molar-refractivity contribution in [1.29, 1.82) is 0 Å². The molecule has 0 fully saturated rings. The Morgan fingerprint density at radius 1 is 1.29 bits per heavy atom. The van der Waals surface area contributed by atoms with Gasteiger partial charge in [-0.15, -0.1) is 34.8 Å². The number of hydrogen-bond acceptors (Lipinski definition) is 0. The molecule has 7 heavy (non-hydrogen) atoms. The van der Waals surface area contributed by atoms with Crippen molar-refractivity contribution in [3.8, 4) is 0 Å². The van der Waals surface area contributed by atoms with E-state index in [-0.39, 0.29) is 0 Å². The molecule has 0 aromatic carbocycles. The van der Waals surface area contributed by atoms with Crippen molar-refractivity contribution >= 4 is 34.8 Å². The van der Waals surface area contributed by atoms with Gasteiger partial charge in [-0.3, -0.25) is 0 Å². The second-order valence-electron chi connectivity index (χ2n) is 1.02. The molecule has 1 nitrogen and oxygen atoms in total. The lowest BCUT2D eigenvalue weighted by Gasteiger charge is -2.01. The Hall–Kier alpha value is 0.830. The predicted molar refractivity (Wildman–Crippen MR) is 30.7 cm³/mol. The molecule has 1 atom stereocenters. The monoisotopic (exact) mass is 161 g/mol. The minimum Gasteiger partial charge on any atom is -0.235 e. The topological polar surface area (TPSA) is 19.9 Å². The van der Waals surface area contributed by atoms with Crippen molar-refractivity contribution in [2.24, 2.45) is 0 Å². The van der Waals surface area contributed by atoms with Crippen LogP contribution in [0.4, 0.5) is 0 Å². The summed E-state index contributed by atoms with van der Waals surface area (Å²) in [7, 11) is 0. The van der Waals surface area contributed by atoms with Gasteiger partial charge in [0.15, 0.2) is 0 Å². The van der Waals surface area contributed by atoms with Crippen LogP contribution in [0.3, 0.4) is 0 Å². The van der Waals surface area contributed by atoms with Crippen LogP contribution >= 0.6 is 34.8 Å². The van der Waals surface area contributed by atoms with Crippen LogP contribution < -0.4 is 0 Å². The van der Waals surface area contributed by atoms with Gasteiger partial charge in [-0.1, -0.05) is 0 Å². The summed E-state index contributed by atoms with van der Waals surface area (Å²) in [6, 6.07) is 0. The molecule has 43 valence electrons. The molecule has 0 amide bonds. The first kappa shape index (κ1) is 7.83. The highest BCUT2D eigenvalue weighted by atomic mass is 35.5. The molecule has 0 aliphatic carbocycles. The van der Waals surface area contributed by atoms with E-state index in [2.05, 4.69) is 0 Å². The molecular weight excluding hydrogens is 158 g/mol. The highest BCUT2D eigenvalue weighted by Crippen LogP contribution is 2.12. The summed E-state index contributed by atoms with van der Waals surface area (Å²) in [6.45, 7) is -0.431. The van der Waals surface area contributed by atoms with E-state index >= 15 is 0 Å². The first-order valence-electron chi connectivity index (χ1n) is 1.68. The molecule has 0 heterocycles. The van der Waals surface area contributed by atoms with E-state index in [0.29, 0.717) is 0 Å². The van der Waals surface area contributed by atoms with Gasteiger partial charge in [0.1, 0.15) is 11.4 Å². The standard InChI is InChI=1S/C3H4Cl3O/c4-2(1-7)3(5)6/h2-3H,1H2. The summed E-state index contributed by atoms with van der Waals surface area (Å²) in [6.07, 6.45) is 0. The minimum atomic E-state index is -0.737. The summed E-state index contributed by atoms with van der Waals surface area (Å²) in [5, 5.41) is 9.12. The quantitative estimate of drug-likeness (QED) is 0.552. The van der Waals surface area contributed by atoms with E-state index in [9.17, 15) is 5.11 Å². The van der Waals surface area contributed by atoms with E-state index in [1.807, 2.05) is 0 Å². The Bertz CT molecular complexity index is 47.4. The van der Waals surface area contributed by atoms with Crippen LogP contribution in [0.5, 0.6) is 0 Å². The molecule has 0 saturated carbocycles. The zero-order valence-corrected chi connectivity index (χ0v) is 5.67. The summed E-state index contributed by atoms with van der Waals surface area (Å²) in [5.41, 5.74) is 0. The van der Waals surface area contributed by atoms with Gasteiger partial charge >= 0.3 is 0 Å². The first-order chi connectivity index (χ1) is 3.18. The second kappa shape index (κ2) is 3.79. The SMILES string of the molecule is [O]CC(Cl)C(Cl)Cl. The van der Waals surface area contributed by atoms with Gasteiger partial charge in [0, 0.05) is 0 Å². The number of alkyl halides is 3. The van der Waals surface area contributed by atoms with Gasteiger partial charge in [-0.05, 0) is 0 Å². The molecule has 0 aliphatic heterocycles. The number of rotatable bonds is 2. The van der Waals surface area contributed by atoms with E-state index < -0.39 is 16.8 Å². The van der Waals surface area contributed by atoms with Crippen LogP contribution in [0.2, 0.25) is 0 Å². The van der Waals surface area contributed by atoms with Crippen LogP contribution in [0, 0.1) is 0 Å². The summed E-state index contributed by atoms with van der Waals surface area (Å²) in [4.78, 5) is -0.737. The molecule has 4 heteroatoms. The van der Waals surface area contributed by atoms with Crippen molar-refractivity contribution in [3.63, 3.8) is 0 Å². The first-order valence-corrected chi connectivity index (χ1v) is 2.99. The fourth-order valence-electron chi connectivity index (χ4n) is 0.0727. The van der Waals surface area contributed by atoms with Crippen molar-refractivity contribution in [1.82, 2.24) is 0 Å². The summed E-state index contributed by atoms with van der Waals surface area (Å²) < 4.78 is 0. The maximum Gasteiger partial charge on any atom is 0.126 e. The molecule has 0 rings (SSSR count). The lowest BCUT2D eigenvalue weighted by molar-refractivity contribution is 0.195. The molecule has 1 unspecified atom stereocenters. The van der Waals surface area contributed by atoms with E-state index in [1.54, 1.807) is 0 Å². The molecule has 1 radical (unpaired) electrons. The van der Waals surface area contributed by atoms with Crippen molar-refractivity contribution < 1.29 is 5.11 Å². The van der Waals surface area contributed by atoms with Gasteiger partial charge in [0.2, 0.25) is 0 Å². The van der Waals surface area contributed by atoms with Crippen LogP contribution in [0.25, 0.3) is 0 Å². The van der Waals surface area contributed by atoms with Crippen molar-refractivity contribution in [2.75, 3.05) is 6.61 Å². The Morgan fingerprint density at radius 3 is 1.71 bits per heavy atom. The Morgan fingerprint density at radius 2 is 1.71 bits per heavy atom. The van der Waals surface area contributed by atoms with Gasteiger partial charge in [-0.2, -0.15) is 0 Å². The molecule has 0 aromatic rings. The van der Waals surface area contributed by atoms with E-state index in [4.69, 9.17) is 34.8 Å². The Balaban J connectivity index is 3.14. The minimum absolute atomic E-state index is 0.431. The molecule has 0 N–H and O–H groups in total. The summed E-state index contributed by atoms with van der Waals surface area (Å²) >= 11 is 15.5. The zero-order valence-electron chi connectivity index (χ0n) is 3.40. The fourth-order valence-corrected chi connectivity index (χ4v) is 0.218. The lowest BCUT2D eigenvalue weighted by Crippen LogP contribution is -2.11. The maximum absolute atomic E-state index is 9.77. The average Bonchev–Trinajstić information content (AvgIpc) is 1.65. The highest BCUT2D eigenvalue weighted by Gasteiger charge is 2.11. The van der Waals surface area contributed by atoms with Crippen LogP contribution in [0.15, 0.2) is 0 Å². The van der Waals surface area contributed by atoms with E-state index in [0.717, 1.165) is 0 Å². The van der Waals surface area contributed by atoms with E-state index in [1.165, 1.54) is 0 Å². The maximum atomic E-state index is 9.77. The molecule has 0 aliphatic rings. The van der Waals surface area contributed by atoms with Crippen molar-refractivity contribution in [2.45, 2.75) is 10.2 Å². The fraction of sp³-hybridized carbons (Fsp3) is 1.00. The van der Waals surface area contributed by atoms with Crippen LogP contribution in [-0.2, 0) is 5.11 Å². The van der Waals surface area contributed by atoms with Gasteiger partial charge in [0.05, 0.1) is 5.38 Å². The number of halogens is 3. The largest absolute Gasteiger partial charge is 0.235 e. The molecule has 0 bridgehead atoms. The van der Waals surface area contributed by atoms with Crippen LogP contribution in [0.1, 0.15) is 0 Å². The van der Waals surface area contributed by atoms with Crippen LogP contribution in [-0.4, -0.2) is 16.8 Å². The molecule has 0 saturated heterocycles. The highest BCUT2D eigenvalue weighted by molar-refractivity contribution is 6.48. The molecule has 0 spiro atoms. The third kappa shape index (κ3) is 3.42. The van der Waals surface area contributed by atoms with Crippen molar-refractivity contribution in [3.05, 3.63) is 0 Å². The second-order valence-corrected chi connectivity index (χ2v) is 2.74. The van der Waals surface area contributed by atoms with Gasteiger partial charge < -0.3 is 0 Å². The third-order valence-electron chi connectivity index (χ3n) is 0.433. The average molecular weight is 162 g/mol. The third-order valence-corrected chi connectivity index (χ3v) is 1.68. The molecule has 0 aromatic heterocycles. The normalized spacial score (nSPS) is 15.0. The number of hydrogen-bond donors (Lipinski definition) is 0. The lowest BCUT2D eigenvalue weighted by atomic mass is 10.5. The summed E-state index contributed by atoms with van der Waals surface area (Å²) in [5.74, 6) is 0. The molecular formula is C3H4Cl3O.